The van der Waals surface area contributed by atoms with Gasteiger partial charge in [0.25, 0.3) is 0 Å². The molecule has 26 heavy (non-hydrogen) atoms. The molecule has 7 heteroatoms. The van der Waals surface area contributed by atoms with E-state index >= 15 is 0 Å². The number of nitrogens with zero attached hydrogens (tertiary/aromatic N) is 3. The third-order valence-electron chi connectivity index (χ3n) is 4.09. The van der Waals surface area contributed by atoms with Crippen molar-refractivity contribution in [1.29, 1.82) is 0 Å². The molecule has 0 spiro atoms. The number of aryl methyl sites for hydroxylation is 1. The third-order valence-corrected chi connectivity index (χ3v) is 4.09. The van der Waals surface area contributed by atoms with Crippen molar-refractivity contribution in [1.82, 2.24) is 19.8 Å². The second kappa shape index (κ2) is 8.51. The van der Waals surface area contributed by atoms with Gasteiger partial charge in [0, 0.05) is 32.2 Å². The van der Waals surface area contributed by atoms with E-state index < -0.39 is 0 Å². The normalized spacial score (nSPS) is 11.9. The van der Waals surface area contributed by atoms with Crippen LogP contribution in [0.5, 0.6) is 0 Å². The summed E-state index contributed by atoms with van der Waals surface area (Å²) >= 11 is 0. The molecule has 1 aromatic heterocycles. The number of amides is 3. The average Bonchev–Trinajstić information content (AvgIpc) is 3.02. The Kier molecular flexibility index (Phi) is 6.38. The first-order valence-electron chi connectivity index (χ1n) is 8.63. The van der Waals surface area contributed by atoms with Gasteiger partial charge in [-0.3, -0.25) is 4.79 Å². The summed E-state index contributed by atoms with van der Waals surface area (Å²) in [6.45, 7) is 6.19. The van der Waals surface area contributed by atoms with Gasteiger partial charge in [0.1, 0.15) is 12.4 Å². The minimum atomic E-state index is -0.314. The second-order valence-corrected chi connectivity index (χ2v) is 6.89. The lowest BCUT2D eigenvalue weighted by molar-refractivity contribution is -0.129. The number of hydrogen-bond donors (Lipinski definition) is 2. The molecule has 0 bridgehead atoms. The van der Waals surface area contributed by atoms with Crippen LogP contribution >= 0.6 is 0 Å². The number of anilines is 1. The van der Waals surface area contributed by atoms with Crippen LogP contribution in [0.2, 0.25) is 0 Å². The number of urea groups is 1. The Hall–Kier alpha value is -2.83. The molecule has 7 nitrogen and oxygen atoms in total. The maximum absolute atomic E-state index is 12.4. The molecule has 0 saturated heterocycles. The van der Waals surface area contributed by atoms with Gasteiger partial charge in [-0.15, -0.1) is 0 Å². The van der Waals surface area contributed by atoms with Crippen molar-refractivity contribution in [3.63, 3.8) is 0 Å². The predicted octanol–water partition coefficient (Wildman–Crippen LogP) is 2.80. The van der Waals surface area contributed by atoms with E-state index in [1.807, 2.05) is 45.0 Å². The van der Waals surface area contributed by atoms with Crippen molar-refractivity contribution in [3.8, 4) is 0 Å². The summed E-state index contributed by atoms with van der Waals surface area (Å²) in [7, 11) is 3.43. The van der Waals surface area contributed by atoms with Crippen molar-refractivity contribution < 1.29 is 9.59 Å². The third kappa shape index (κ3) is 5.08. The van der Waals surface area contributed by atoms with E-state index in [-0.39, 0.29) is 30.4 Å². The highest BCUT2D eigenvalue weighted by Crippen LogP contribution is 2.21. The lowest BCUT2D eigenvalue weighted by atomic mass is 10.0. The number of imidazole rings is 1. The standard InChI is InChI=1S/C19H27N5O2/c1-13(2)17(18-20-10-11-24(18)12-16(25)23(4)5)22-19(26)21-15-8-6-14(3)7-9-15/h6-11,13,17H,12H2,1-5H3,(H2,21,22,26)/t17-/m0/s1. The summed E-state index contributed by atoms with van der Waals surface area (Å²) in [6, 6.07) is 6.97. The van der Waals surface area contributed by atoms with Crippen molar-refractivity contribution in [2.75, 3.05) is 19.4 Å². The van der Waals surface area contributed by atoms with Crippen LogP contribution in [0, 0.1) is 12.8 Å². The fraction of sp³-hybridized carbons (Fsp3) is 0.421. The van der Waals surface area contributed by atoms with Crippen LogP contribution in [0.25, 0.3) is 0 Å². The predicted molar refractivity (Wildman–Crippen MR) is 102 cm³/mol. The Morgan fingerprint density at radius 3 is 2.42 bits per heavy atom. The van der Waals surface area contributed by atoms with Crippen molar-refractivity contribution in [2.45, 2.75) is 33.4 Å². The van der Waals surface area contributed by atoms with Crippen LogP contribution in [0.4, 0.5) is 10.5 Å². The molecular formula is C19H27N5O2. The van der Waals surface area contributed by atoms with E-state index in [0.29, 0.717) is 5.82 Å². The number of benzene rings is 1. The van der Waals surface area contributed by atoms with Gasteiger partial charge < -0.3 is 20.1 Å². The van der Waals surface area contributed by atoms with Crippen molar-refractivity contribution >= 4 is 17.6 Å². The van der Waals surface area contributed by atoms with Gasteiger partial charge in [0.2, 0.25) is 5.91 Å². The van der Waals surface area contributed by atoms with Crippen LogP contribution in [0.1, 0.15) is 31.3 Å². The molecule has 2 rings (SSSR count). The first kappa shape index (κ1) is 19.5. The number of likely N-dealkylation sites (N-methyl/N-ethyl adjacent to an activating group) is 1. The monoisotopic (exact) mass is 357 g/mol. The van der Waals surface area contributed by atoms with E-state index in [2.05, 4.69) is 15.6 Å². The van der Waals surface area contributed by atoms with Crippen molar-refractivity contribution in [3.05, 3.63) is 48.0 Å². The fourth-order valence-electron chi connectivity index (χ4n) is 2.50. The maximum Gasteiger partial charge on any atom is 0.319 e. The number of rotatable bonds is 6. The number of carbonyl (C=O) groups excluding carboxylic acids is 2. The molecule has 0 aliphatic rings. The average molecular weight is 357 g/mol. The quantitative estimate of drug-likeness (QED) is 0.834. The molecule has 1 atom stereocenters. The minimum Gasteiger partial charge on any atom is -0.347 e. The van der Waals surface area contributed by atoms with Crippen LogP contribution in [0.15, 0.2) is 36.7 Å². The van der Waals surface area contributed by atoms with E-state index in [4.69, 9.17) is 0 Å². The summed E-state index contributed by atoms with van der Waals surface area (Å²) < 4.78 is 1.78. The molecular weight excluding hydrogens is 330 g/mol. The van der Waals surface area contributed by atoms with Crippen LogP contribution in [-0.4, -0.2) is 40.5 Å². The number of nitrogens with one attached hydrogen (secondary N) is 2. The molecule has 2 aromatic rings. The SMILES string of the molecule is Cc1ccc(NC(=O)N[C@H](c2nccn2CC(=O)N(C)C)C(C)C)cc1. The highest BCUT2D eigenvalue weighted by molar-refractivity contribution is 5.89. The van der Waals surface area contributed by atoms with Gasteiger partial charge >= 0.3 is 6.03 Å². The number of aromatic nitrogens is 2. The minimum absolute atomic E-state index is 0.0316. The van der Waals surface area contributed by atoms with Crippen LogP contribution < -0.4 is 10.6 Å². The summed E-state index contributed by atoms with van der Waals surface area (Å²) in [4.78, 5) is 30.3. The van der Waals surface area contributed by atoms with Gasteiger partial charge in [-0.1, -0.05) is 31.5 Å². The molecule has 2 N–H and O–H groups in total. The Morgan fingerprint density at radius 2 is 1.85 bits per heavy atom. The zero-order chi connectivity index (χ0) is 19.3. The summed E-state index contributed by atoms with van der Waals surface area (Å²) in [5.74, 6) is 0.736. The van der Waals surface area contributed by atoms with Crippen LogP contribution in [0.3, 0.4) is 0 Å². The first-order valence-corrected chi connectivity index (χ1v) is 8.63. The van der Waals surface area contributed by atoms with Gasteiger partial charge in [-0.25, -0.2) is 9.78 Å². The molecule has 1 heterocycles. The van der Waals surface area contributed by atoms with Crippen LogP contribution in [-0.2, 0) is 11.3 Å². The molecule has 0 unspecified atom stereocenters. The largest absolute Gasteiger partial charge is 0.347 e. The van der Waals surface area contributed by atoms with E-state index in [0.717, 1.165) is 11.3 Å². The number of hydrogen-bond acceptors (Lipinski definition) is 3. The lowest BCUT2D eigenvalue weighted by Gasteiger charge is -2.23. The molecule has 3 amide bonds. The Bertz CT molecular complexity index is 750. The molecule has 140 valence electrons. The van der Waals surface area contributed by atoms with Gasteiger partial charge in [0.15, 0.2) is 0 Å². The lowest BCUT2D eigenvalue weighted by Crippen LogP contribution is -2.37. The zero-order valence-electron chi connectivity index (χ0n) is 16.0. The fourth-order valence-corrected chi connectivity index (χ4v) is 2.50. The summed E-state index contributed by atoms with van der Waals surface area (Å²) in [5.41, 5.74) is 1.85. The molecule has 0 radical (unpaired) electrons. The maximum atomic E-state index is 12.4. The van der Waals surface area contributed by atoms with E-state index in [9.17, 15) is 9.59 Å². The second-order valence-electron chi connectivity index (χ2n) is 6.89. The molecule has 0 saturated carbocycles. The molecule has 0 aliphatic heterocycles. The van der Waals surface area contributed by atoms with Crippen molar-refractivity contribution in [2.24, 2.45) is 5.92 Å². The Labute approximate surface area is 154 Å². The highest BCUT2D eigenvalue weighted by Gasteiger charge is 2.24. The Morgan fingerprint density at radius 1 is 1.19 bits per heavy atom. The Balaban J connectivity index is 2.11. The number of carbonyl (C=O) groups is 2. The molecule has 0 aliphatic carbocycles. The summed E-state index contributed by atoms with van der Waals surface area (Å²) in [5, 5.41) is 5.80. The van der Waals surface area contributed by atoms with E-state index in [1.165, 1.54) is 4.90 Å². The first-order chi connectivity index (χ1) is 12.3. The smallest absolute Gasteiger partial charge is 0.319 e. The summed E-state index contributed by atoms with van der Waals surface area (Å²) in [6.07, 6.45) is 3.40. The molecule has 0 fully saturated rings. The molecule has 1 aromatic carbocycles. The highest BCUT2D eigenvalue weighted by atomic mass is 16.2. The van der Waals surface area contributed by atoms with Gasteiger partial charge in [-0.05, 0) is 25.0 Å². The topological polar surface area (TPSA) is 79.3 Å². The van der Waals surface area contributed by atoms with Gasteiger partial charge in [0.05, 0.1) is 6.04 Å². The zero-order valence-corrected chi connectivity index (χ0v) is 16.0. The van der Waals surface area contributed by atoms with E-state index in [1.54, 1.807) is 31.1 Å². The van der Waals surface area contributed by atoms with Gasteiger partial charge in [-0.2, -0.15) is 0 Å².